The molecule has 0 saturated carbocycles. The van der Waals surface area contributed by atoms with E-state index in [0.29, 0.717) is 35.7 Å². The number of anilines is 1. The van der Waals surface area contributed by atoms with Gasteiger partial charge in [-0.2, -0.15) is 0 Å². The summed E-state index contributed by atoms with van der Waals surface area (Å²) >= 11 is 0. The van der Waals surface area contributed by atoms with E-state index in [1.807, 2.05) is 42.5 Å². The summed E-state index contributed by atoms with van der Waals surface area (Å²) in [5, 5.41) is 9.72. The highest BCUT2D eigenvalue weighted by atomic mass is 16.5. The molecule has 3 aliphatic rings. The maximum Gasteiger partial charge on any atom is 0.335 e. The summed E-state index contributed by atoms with van der Waals surface area (Å²) < 4.78 is 6.33. The van der Waals surface area contributed by atoms with Crippen LogP contribution in [0.15, 0.2) is 60.7 Å². The number of hydrogen-bond acceptors (Lipinski definition) is 5. The third-order valence-corrected chi connectivity index (χ3v) is 7.46. The minimum atomic E-state index is -1.04. The van der Waals surface area contributed by atoms with E-state index in [2.05, 4.69) is 4.90 Å². The first kappa shape index (κ1) is 21.4. The molecule has 35 heavy (non-hydrogen) atoms. The fourth-order valence-corrected chi connectivity index (χ4v) is 5.82. The first-order valence-electron chi connectivity index (χ1n) is 11.6. The van der Waals surface area contributed by atoms with E-state index in [-0.39, 0.29) is 29.6 Å². The summed E-state index contributed by atoms with van der Waals surface area (Å²) in [6.07, 6.45) is 0.184. The summed E-state index contributed by atoms with van der Waals surface area (Å²) in [6.45, 7) is 1.14. The molecule has 3 aromatic carbocycles. The lowest BCUT2D eigenvalue weighted by molar-refractivity contribution is -0.133. The summed E-state index contributed by atoms with van der Waals surface area (Å²) in [5.41, 5.74) is 3.09. The van der Waals surface area contributed by atoms with Crippen molar-refractivity contribution in [3.8, 4) is 11.5 Å². The molecule has 1 saturated heterocycles. The van der Waals surface area contributed by atoms with Crippen molar-refractivity contribution in [3.05, 3.63) is 88.5 Å². The molecule has 2 heterocycles. The predicted octanol–water partition coefficient (Wildman–Crippen LogP) is 3.94. The van der Waals surface area contributed by atoms with Crippen molar-refractivity contribution >= 4 is 23.3 Å². The van der Waals surface area contributed by atoms with Crippen LogP contribution in [0.3, 0.4) is 0 Å². The molecule has 7 nitrogen and oxygen atoms in total. The van der Waals surface area contributed by atoms with Gasteiger partial charge in [0.1, 0.15) is 11.5 Å². The van der Waals surface area contributed by atoms with Crippen molar-refractivity contribution in [2.75, 3.05) is 32.1 Å². The molecule has 1 amide bonds. The van der Waals surface area contributed by atoms with Gasteiger partial charge in [0, 0.05) is 56.0 Å². The number of fused-ring (bicyclic) bond motifs is 6. The van der Waals surface area contributed by atoms with Crippen LogP contribution in [-0.2, 0) is 10.2 Å². The maximum atomic E-state index is 13.4. The second-order valence-electron chi connectivity index (χ2n) is 9.65. The summed E-state index contributed by atoms with van der Waals surface area (Å²) in [6, 6.07) is 18.2. The van der Waals surface area contributed by atoms with Crippen molar-refractivity contribution in [1.82, 2.24) is 4.90 Å². The number of Topliss-reactive ketones (excluding diaryl/α,β-unsaturated/α-hetero) is 1. The van der Waals surface area contributed by atoms with Crippen molar-refractivity contribution in [3.63, 3.8) is 0 Å². The Balaban J connectivity index is 1.58. The van der Waals surface area contributed by atoms with Crippen LogP contribution in [0, 0.1) is 5.92 Å². The van der Waals surface area contributed by atoms with Gasteiger partial charge in [0.25, 0.3) is 0 Å². The number of benzene rings is 3. The fourth-order valence-electron chi connectivity index (χ4n) is 5.82. The Kier molecular flexibility index (Phi) is 4.55. The normalized spacial score (nSPS) is 19.9. The van der Waals surface area contributed by atoms with Crippen molar-refractivity contribution in [1.29, 1.82) is 0 Å². The molecule has 7 heteroatoms. The average molecular weight is 469 g/mol. The average Bonchev–Trinajstić information content (AvgIpc) is 3.10. The van der Waals surface area contributed by atoms with Crippen LogP contribution in [-0.4, -0.2) is 54.9 Å². The van der Waals surface area contributed by atoms with Gasteiger partial charge in [0.05, 0.1) is 16.9 Å². The third-order valence-electron chi connectivity index (χ3n) is 7.46. The number of carboxylic acids is 1. The van der Waals surface area contributed by atoms with E-state index in [0.717, 1.165) is 16.8 Å². The zero-order chi connectivity index (χ0) is 24.5. The van der Waals surface area contributed by atoms with Crippen LogP contribution in [0.2, 0.25) is 0 Å². The molecular formula is C28H24N2O5. The molecule has 176 valence electrons. The SMILES string of the molecule is CN(C)C(=O)C1CN(c2cccc3c2C2(CC(=O)c4ccc(C(=O)O)cc42)c2ccccc2O3)C1. The summed E-state index contributed by atoms with van der Waals surface area (Å²) in [4.78, 5) is 41.5. The number of carbonyl (C=O) groups is 3. The Morgan fingerprint density at radius 1 is 1.00 bits per heavy atom. The minimum Gasteiger partial charge on any atom is -0.478 e. The van der Waals surface area contributed by atoms with E-state index in [1.165, 1.54) is 6.07 Å². The summed E-state index contributed by atoms with van der Waals surface area (Å²) in [7, 11) is 3.52. The molecular weight excluding hydrogens is 444 g/mol. The number of rotatable bonds is 3. The van der Waals surface area contributed by atoms with E-state index in [9.17, 15) is 19.5 Å². The number of para-hydroxylation sites is 1. The highest BCUT2D eigenvalue weighted by molar-refractivity contribution is 6.06. The number of ether oxygens (including phenoxy) is 1. The van der Waals surface area contributed by atoms with Gasteiger partial charge in [-0.15, -0.1) is 0 Å². The second kappa shape index (κ2) is 7.43. The van der Waals surface area contributed by atoms with Gasteiger partial charge in [-0.1, -0.05) is 30.3 Å². The zero-order valence-electron chi connectivity index (χ0n) is 19.4. The minimum absolute atomic E-state index is 0.0290. The van der Waals surface area contributed by atoms with E-state index >= 15 is 0 Å². The van der Waals surface area contributed by atoms with Crippen molar-refractivity contribution < 1.29 is 24.2 Å². The molecule has 1 atom stereocenters. The van der Waals surface area contributed by atoms with Crippen LogP contribution in [0.1, 0.15) is 43.8 Å². The molecule has 1 aliphatic carbocycles. The molecule has 0 bridgehead atoms. The van der Waals surface area contributed by atoms with Crippen molar-refractivity contribution in [2.45, 2.75) is 11.8 Å². The predicted molar refractivity (Wildman–Crippen MR) is 130 cm³/mol. The molecule has 3 aromatic rings. The van der Waals surface area contributed by atoms with E-state index in [1.54, 1.807) is 31.1 Å². The Morgan fingerprint density at radius 2 is 1.74 bits per heavy atom. The van der Waals surface area contributed by atoms with Gasteiger partial charge in [0.2, 0.25) is 5.91 Å². The molecule has 1 spiro atoms. The largest absolute Gasteiger partial charge is 0.478 e. The standard InChI is InChI=1S/C28H24N2O5/c1-29(2)26(32)17-14-30(15-17)21-7-5-9-24-25(21)28(19-6-3-4-8-23(19)35-24)13-22(31)18-11-10-16(27(33)34)12-20(18)28/h3-12,17H,13-15H2,1-2H3,(H,33,34). The molecule has 1 unspecified atom stereocenters. The lowest BCUT2D eigenvalue weighted by Gasteiger charge is -2.46. The van der Waals surface area contributed by atoms with Crippen molar-refractivity contribution in [2.24, 2.45) is 5.92 Å². The van der Waals surface area contributed by atoms with Gasteiger partial charge in [0.15, 0.2) is 5.78 Å². The van der Waals surface area contributed by atoms with Crippen LogP contribution in [0.5, 0.6) is 11.5 Å². The van der Waals surface area contributed by atoms with Gasteiger partial charge in [-0.05, 0) is 35.9 Å². The molecule has 1 fully saturated rings. The van der Waals surface area contributed by atoms with Gasteiger partial charge in [-0.25, -0.2) is 4.79 Å². The lowest BCUT2D eigenvalue weighted by atomic mass is 9.67. The van der Waals surface area contributed by atoms with Crippen LogP contribution < -0.4 is 9.64 Å². The smallest absolute Gasteiger partial charge is 0.335 e. The Morgan fingerprint density at radius 3 is 2.49 bits per heavy atom. The first-order chi connectivity index (χ1) is 16.8. The van der Waals surface area contributed by atoms with Gasteiger partial charge in [-0.3, -0.25) is 9.59 Å². The molecule has 6 rings (SSSR count). The monoisotopic (exact) mass is 468 g/mol. The van der Waals surface area contributed by atoms with Gasteiger partial charge >= 0.3 is 5.97 Å². The molecule has 0 radical (unpaired) electrons. The highest BCUT2D eigenvalue weighted by Crippen LogP contribution is 2.60. The number of carbonyl (C=O) groups excluding carboxylic acids is 2. The van der Waals surface area contributed by atoms with Crippen LogP contribution in [0.4, 0.5) is 5.69 Å². The third kappa shape index (κ3) is 2.94. The Hall–Kier alpha value is -4.13. The Labute approximate surface area is 202 Å². The number of aromatic carboxylic acids is 1. The molecule has 2 aliphatic heterocycles. The number of hydrogen-bond donors (Lipinski definition) is 1. The quantitative estimate of drug-likeness (QED) is 0.627. The number of amides is 1. The topological polar surface area (TPSA) is 87.2 Å². The number of nitrogens with zero attached hydrogens (tertiary/aromatic N) is 2. The van der Waals surface area contributed by atoms with E-state index in [4.69, 9.17) is 4.74 Å². The zero-order valence-corrected chi connectivity index (χ0v) is 19.4. The molecule has 1 N–H and O–H groups in total. The van der Waals surface area contributed by atoms with Crippen LogP contribution >= 0.6 is 0 Å². The highest BCUT2D eigenvalue weighted by Gasteiger charge is 2.53. The first-order valence-corrected chi connectivity index (χ1v) is 11.6. The Bertz CT molecular complexity index is 1420. The van der Waals surface area contributed by atoms with Crippen LogP contribution in [0.25, 0.3) is 0 Å². The molecule has 0 aromatic heterocycles. The second-order valence-corrected chi connectivity index (χ2v) is 9.65. The maximum absolute atomic E-state index is 13.4. The number of ketones is 1. The fraction of sp³-hybridized carbons (Fsp3) is 0.250. The lowest BCUT2D eigenvalue weighted by Crippen LogP contribution is -2.54. The van der Waals surface area contributed by atoms with E-state index < -0.39 is 11.4 Å². The number of carboxylic acid groups (broad SMARTS) is 1. The van der Waals surface area contributed by atoms with Gasteiger partial charge < -0.3 is 19.6 Å². The summed E-state index contributed by atoms with van der Waals surface area (Å²) in [5.74, 6) is 0.231.